The van der Waals surface area contributed by atoms with E-state index in [1.807, 2.05) is 12.4 Å². The number of aromatic nitrogens is 2. The van der Waals surface area contributed by atoms with Crippen LogP contribution in [0.4, 0.5) is 5.95 Å². The minimum atomic E-state index is 0.598. The first-order chi connectivity index (χ1) is 6.83. The van der Waals surface area contributed by atoms with Gasteiger partial charge < -0.3 is 10.2 Å². The maximum absolute atomic E-state index is 4.32. The lowest BCUT2D eigenvalue weighted by Gasteiger charge is -2.27. The van der Waals surface area contributed by atoms with E-state index in [4.69, 9.17) is 0 Å². The molecule has 3 rings (SSSR count). The molecule has 0 radical (unpaired) electrons. The van der Waals surface area contributed by atoms with Gasteiger partial charge in [-0.25, -0.2) is 9.97 Å². The predicted molar refractivity (Wildman–Crippen MR) is 57.3 cm³/mol. The number of fused-ring (bicyclic) bond motifs is 2. The molecule has 2 aliphatic rings. The molecule has 0 spiro atoms. The average molecular weight is 255 g/mol. The summed E-state index contributed by atoms with van der Waals surface area (Å²) in [5.74, 6) is 0.863. The van der Waals surface area contributed by atoms with Crippen LogP contribution in [0, 0.1) is 0 Å². The van der Waals surface area contributed by atoms with Crippen molar-refractivity contribution in [2.45, 2.75) is 18.5 Å². The van der Waals surface area contributed by atoms with Crippen molar-refractivity contribution >= 4 is 21.9 Å². The van der Waals surface area contributed by atoms with Gasteiger partial charge in [0.05, 0.1) is 4.47 Å². The first-order valence-electron chi connectivity index (χ1n) is 4.80. The summed E-state index contributed by atoms with van der Waals surface area (Å²) in [7, 11) is 0. The molecule has 2 saturated heterocycles. The summed E-state index contributed by atoms with van der Waals surface area (Å²) in [5.41, 5.74) is 0. The van der Waals surface area contributed by atoms with Gasteiger partial charge in [0.15, 0.2) is 0 Å². The number of rotatable bonds is 1. The number of nitrogens with one attached hydrogen (secondary N) is 1. The molecule has 1 aromatic rings. The zero-order valence-corrected chi connectivity index (χ0v) is 9.24. The van der Waals surface area contributed by atoms with E-state index < -0.39 is 0 Å². The molecule has 3 heterocycles. The second kappa shape index (κ2) is 3.17. The Balaban J connectivity index is 1.86. The predicted octanol–water partition coefficient (Wildman–Crippen LogP) is 0.790. The molecule has 74 valence electrons. The Kier molecular flexibility index (Phi) is 1.95. The van der Waals surface area contributed by atoms with Crippen molar-refractivity contribution < 1.29 is 0 Å². The molecule has 2 aliphatic heterocycles. The third kappa shape index (κ3) is 1.31. The number of hydrogen-bond acceptors (Lipinski definition) is 4. The number of anilines is 1. The van der Waals surface area contributed by atoms with Gasteiger partial charge in [0, 0.05) is 37.6 Å². The fraction of sp³-hybridized carbons (Fsp3) is 0.556. The van der Waals surface area contributed by atoms with Gasteiger partial charge >= 0.3 is 0 Å². The van der Waals surface area contributed by atoms with Crippen LogP contribution < -0.4 is 10.2 Å². The molecule has 5 heteroatoms. The van der Waals surface area contributed by atoms with Crippen LogP contribution in [0.1, 0.15) is 6.42 Å². The third-order valence-corrected chi connectivity index (χ3v) is 3.33. The Morgan fingerprint density at radius 2 is 2.21 bits per heavy atom. The van der Waals surface area contributed by atoms with E-state index in [9.17, 15) is 0 Å². The molecule has 0 unspecified atom stereocenters. The Bertz CT molecular complexity index is 339. The molecule has 2 bridgehead atoms. The number of halogens is 1. The molecule has 1 N–H and O–H groups in total. The maximum Gasteiger partial charge on any atom is 0.225 e. The number of piperazine rings is 1. The third-order valence-electron chi connectivity index (χ3n) is 2.92. The molecule has 1 aromatic heterocycles. The second-order valence-corrected chi connectivity index (χ2v) is 4.76. The summed E-state index contributed by atoms with van der Waals surface area (Å²) in [5, 5.41) is 3.46. The molecule has 0 aromatic carbocycles. The monoisotopic (exact) mass is 254 g/mol. The highest BCUT2D eigenvalue weighted by molar-refractivity contribution is 9.10. The molecule has 0 aliphatic carbocycles. The van der Waals surface area contributed by atoms with E-state index in [2.05, 4.69) is 36.1 Å². The van der Waals surface area contributed by atoms with Gasteiger partial charge in [-0.1, -0.05) is 0 Å². The largest absolute Gasteiger partial charge is 0.335 e. The summed E-state index contributed by atoms with van der Waals surface area (Å²) in [6.07, 6.45) is 4.85. The Morgan fingerprint density at radius 1 is 1.43 bits per heavy atom. The highest BCUT2D eigenvalue weighted by Gasteiger charge is 2.38. The van der Waals surface area contributed by atoms with Gasteiger partial charge in [0.25, 0.3) is 0 Å². The van der Waals surface area contributed by atoms with E-state index in [0.29, 0.717) is 12.1 Å². The first-order valence-corrected chi connectivity index (χ1v) is 5.60. The van der Waals surface area contributed by atoms with Crippen LogP contribution in [0.15, 0.2) is 16.9 Å². The van der Waals surface area contributed by atoms with Gasteiger partial charge in [0.1, 0.15) is 0 Å². The minimum Gasteiger partial charge on any atom is -0.335 e. The summed E-state index contributed by atoms with van der Waals surface area (Å²) in [6.45, 7) is 2.12. The van der Waals surface area contributed by atoms with E-state index in [1.165, 1.54) is 6.42 Å². The zero-order chi connectivity index (χ0) is 9.54. The Hall–Kier alpha value is -0.680. The standard InChI is InChI=1S/C9H11BrN4/c10-6-2-12-9(13-3-6)14-5-7-1-8(14)4-11-7/h2-3,7-8,11H,1,4-5H2/t7-,8-/m0/s1. The van der Waals surface area contributed by atoms with Crippen LogP contribution in [-0.4, -0.2) is 35.1 Å². The molecular formula is C9H11BrN4. The quantitative estimate of drug-likeness (QED) is 0.805. The van der Waals surface area contributed by atoms with E-state index in [0.717, 1.165) is 23.5 Å². The normalized spacial score (nSPS) is 29.9. The topological polar surface area (TPSA) is 41.1 Å². The van der Waals surface area contributed by atoms with Crippen LogP contribution in [0.25, 0.3) is 0 Å². The fourth-order valence-electron chi connectivity index (χ4n) is 2.26. The smallest absolute Gasteiger partial charge is 0.225 e. The van der Waals surface area contributed by atoms with Gasteiger partial charge in [-0.05, 0) is 22.4 Å². The molecule has 2 fully saturated rings. The highest BCUT2D eigenvalue weighted by Crippen LogP contribution is 2.26. The minimum absolute atomic E-state index is 0.598. The molecule has 2 atom stereocenters. The second-order valence-electron chi connectivity index (χ2n) is 3.85. The van der Waals surface area contributed by atoms with Crippen molar-refractivity contribution in [1.82, 2.24) is 15.3 Å². The van der Waals surface area contributed by atoms with Crippen LogP contribution in [0.2, 0.25) is 0 Å². The lowest BCUT2D eigenvalue weighted by atomic mass is 10.2. The van der Waals surface area contributed by atoms with Gasteiger partial charge in [-0.3, -0.25) is 0 Å². The summed E-state index contributed by atoms with van der Waals surface area (Å²) in [6, 6.07) is 1.24. The van der Waals surface area contributed by atoms with Crippen molar-refractivity contribution in [3.63, 3.8) is 0 Å². The van der Waals surface area contributed by atoms with Crippen molar-refractivity contribution in [2.75, 3.05) is 18.0 Å². The van der Waals surface area contributed by atoms with Gasteiger partial charge in [-0.2, -0.15) is 0 Å². The van der Waals surface area contributed by atoms with E-state index >= 15 is 0 Å². The van der Waals surface area contributed by atoms with Crippen molar-refractivity contribution in [3.05, 3.63) is 16.9 Å². The Labute approximate surface area is 90.9 Å². The van der Waals surface area contributed by atoms with Crippen molar-refractivity contribution in [2.24, 2.45) is 0 Å². The summed E-state index contributed by atoms with van der Waals surface area (Å²) in [4.78, 5) is 10.9. The first kappa shape index (κ1) is 8.61. The van der Waals surface area contributed by atoms with E-state index in [-0.39, 0.29) is 0 Å². The van der Waals surface area contributed by atoms with Crippen molar-refractivity contribution in [1.29, 1.82) is 0 Å². The fourth-order valence-corrected chi connectivity index (χ4v) is 2.46. The SMILES string of the molecule is Brc1cnc(N2C[C@@H]3C[C@H]2CN3)nc1. The molecule has 0 saturated carbocycles. The van der Waals surface area contributed by atoms with Crippen LogP contribution >= 0.6 is 15.9 Å². The molecular weight excluding hydrogens is 244 g/mol. The van der Waals surface area contributed by atoms with Gasteiger partial charge in [-0.15, -0.1) is 0 Å². The Morgan fingerprint density at radius 3 is 2.79 bits per heavy atom. The van der Waals surface area contributed by atoms with Crippen LogP contribution in [0.3, 0.4) is 0 Å². The molecule has 0 amide bonds. The lowest BCUT2D eigenvalue weighted by Crippen LogP contribution is -2.44. The van der Waals surface area contributed by atoms with Crippen molar-refractivity contribution in [3.8, 4) is 0 Å². The summed E-state index contributed by atoms with van der Waals surface area (Å²) >= 11 is 3.34. The zero-order valence-electron chi connectivity index (χ0n) is 7.65. The lowest BCUT2D eigenvalue weighted by molar-refractivity contribution is 0.571. The highest BCUT2D eigenvalue weighted by atomic mass is 79.9. The number of hydrogen-bond donors (Lipinski definition) is 1. The molecule has 14 heavy (non-hydrogen) atoms. The van der Waals surface area contributed by atoms with Gasteiger partial charge in [0.2, 0.25) is 5.95 Å². The summed E-state index contributed by atoms with van der Waals surface area (Å²) < 4.78 is 0.934. The average Bonchev–Trinajstić information content (AvgIpc) is 2.80. The van der Waals surface area contributed by atoms with Crippen LogP contribution in [0.5, 0.6) is 0 Å². The molecule has 4 nitrogen and oxygen atoms in total. The van der Waals surface area contributed by atoms with E-state index in [1.54, 1.807) is 0 Å². The number of nitrogens with zero attached hydrogens (tertiary/aromatic N) is 3. The maximum atomic E-state index is 4.32. The van der Waals surface area contributed by atoms with Crippen LogP contribution in [-0.2, 0) is 0 Å².